The predicted molar refractivity (Wildman–Crippen MR) is 85.7 cm³/mol. The Kier molecular flexibility index (Phi) is 4.10. The molecule has 0 bridgehead atoms. The summed E-state index contributed by atoms with van der Waals surface area (Å²) in [5.41, 5.74) is 3.31. The molecule has 1 aliphatic heterocycles. The Labute approximate surface area is 133 Å². The Morgan fingerprint density at radius 2 is 2.04 bits per heavy atom. The zero-order valence-electron chi connectivity index (χ0n) is 12.8. The van der Waals surface area contributed by atoms with Crippen LogP contribution < -0.4 is 10.2 Å². The zero-order chi connectivity index (χ0) is 16.4. The summed E-state index contributed by atoms with van der Waals surface area (Å²) in [4.78, 5) is 25.3. The zero-order valence-corrected chi connectivity index (χ0v) is 12.8. The van der Waals surface area contributed by atoms with E-state index >= 15 is 0 Å². The van der Waals surface area contributed by atoms with Gasteiger partial charge in [0.25, 0.3) is 5.91 Å². The lowest BCUT2D eigenvalue weighted by Gasteiger charge is -2.15. The van der Waals surface area contributed by atoms with Crippen LogP contribution in [0.25, 0.3) is 0 Å². The summed E-state index contributed by atoms with van der Waals surface area (Å²) in [7, 11) is 0. The molecule has 0 saturated carbocycles. The van der Waals surface area contributed by atoms with Crippen LogP contribution >= 0.6 is 0 Å². The van der Waals surface area contributed by atoms with Gasteiger partial charge in [-0.2, -0.15) is 0 Å². The first-order chi connectivity index (χ1) is 11.0. The lowest BCUT2D eigenvalue weighted by molar-refractivity contribution is -0.116. The SMILES string of the molecule is CC(=O)N1CCc2cc(CNC(=O)c3cccc(F)c3)ccc21. The van der Waals surface area contributed by atoms with E-state index in [2.05, 4.69) is 5.32 Å². The molecule has 1 N–H and O–H groups in total. The molecule has 0 fully saturated rings. The average Bonchev–Trinajstić information content (AvgIpc) is 2.96. The Bertz CT molecular complexity index is 773. The highest BCUT2D eigenvalue weighted by Crippen LogP contribution is 2.28. The summed E-state index contributed by atoms with van der Waals surface area (Å²) in [5, 5.41) is 2.78. The van der Waals surface area contributed by atoms with Crippen molar-refractivity contribution in [3.63, 3.8) is 0 Å². The molecule has 0 aromatic heterocycles. The van der Waals surface area contributed by atoms with Gasteiger partial charge < -0.3 is 10.2 Å². The summed E-state index contributed by atoms with van der Waals surface area (Å²) < 4.78 is 13.1. The molecule has 0 saturated heterocycles. The monoisotopic (exact) mass is 312 g/mol. The summed E-state index contributed by atoms with van der Waals surface area (Å²) in [6.45, 7) is 2.62. The van der Waals surface area contributed by atoms with Gasteiger partial charge >= 0.3 is 0 Å². The van der Waals surface area contributed by atoms with Gasteiger partial charge in [-0.1, -0.05) is 18.2 Å². The maximum absolute atomic E-state index is 13.1. The summed E-state index contributed by atoms with van der Waals surface area (Å²) in [5.74, 6) is -0.703. The molecule has 5 heteroatoms. The minimum Gasteiger partial charge on any atom is -0.348 e. The van der Waals surface area contributed by atoms with Crippen LogP contribution in [0.4, 0.5) is 10.1 Å². The molecule has 2 amide bonds. The van der Waals surface area contributed by atoms with E-state index in [1.807, 2.05) is 18.2 Å². The highest BCUT2D eigenvalue weighted by atomic mass is 19.1. The molecular weight excluding hydrogens is 295 g/mol. The molecule has 23 heavy (non-hydrogen) atoms. The summed E-state index contributed by atoms with van der Waals surface area (Å²) in [6.07, 6.45) is 0.820. The number of amides is 2. The molecule has 2 aromatic carbocycles. The molecule has 1 aliphatic rings. The maximum Gasteiger partial charge on any atom is 0.251 e. The minimum absolute atomic E-state index is 0.0379. The topological polar surface area (TPSA) is 49.4 Å². The number of carbonyl (C=O) groups is 2. The first-order valence-corrected chi connectivity index (χ1v) is 7.48. The van der Waals surface area contributed by atoms with Crippen molar-refractivity contribution in [3.05, 3.63) is 65.0 Å². The van der Waals surface area contributed by atoms with Crippen LogP contribution in [0.15, 0.2) is 42.5 Å². The molecule has 3 rings (SSSR count). The van der Waals surface area contributed by atoms with Gasteiger partial charge in [0.05, 0.1) is 0 Å². The van der Waals surface area contributed by atoms with Gasteiger partial charge in [0.2, 0.25) is 5.91 Å². The minimum atomic E-state index is -0.431. The Balaban J connectivity index is 1.68. The number of hydrogen-bond donors (Lipinski definition) is 1. The van der Waals surface area contributed by atoms with E-state index in [-0.39, 0.29) is 11.8 Å². The van der Waals surface area contributed by atoms with E-state index in [0.29, 0.717) is 18.7 Å². The van der Waals surface area contributed by atoms with Gasteiger partial charge in [0, 0.05) is 31.3 Å². The molecule has 2 aromatic rings. The highest BCUT2D eigenvalue weighted by molar-refractivity contribution is 5.94. The van der Waals surface area contributed by atoms with Crippen LogP contribution in [-0.2, 0) is 17.8 Å². The van der Waals surface area contributed by atoms with Crippen LogP contribution in [0.5, 0.6) is 0 Å². The van der Waals surface area contributed by atoms with Crippen molar-refractivity contribution >= 4 is 17.5 Å². The van der Waals surface area contributed by atoms with E-state index in [4.69, 9.17) is 0 Å². The Hall–Kier alpha value is -2.69. The number of carbonyl (C=O) groups excluding carboxylic acids is 2. The number of hydrogen-bond acceptors (Lipinski definition) is 2. The second-order valence-electron chi connectivity index (χ2n) is 5.58. The van der Waals surface area contributed by atoms with Crippen LogP contribution in [0.3, 0.4) is 0 Å². The van der Waals surface area contributed by atoms with E-state index in [9.17, 15) is 14.0 Å². The van der Waals surface area contributed by atoms with Crippen molar-refractivity contribution in [1.82, 2.24) is 5.32 Å². The Morgan fingerprint density at radius 1 is 1.22 bits per heavy atom. The number of halogens is 1. The normalized spacial score (nSPS) is 12.9. The first kappa shape index (κ1) is 15.2. The van der Waals surface area contributed by atoms with Crippen molar-refractivity contribution < 1.29 is 14.0 Å². The van der Waals surface area contributed by atoms with Gasteiger partial charge in [0.15, 0.2) is 0 Å². The summed E-state index contributed by atoms with van der Waals surface area (Å²) >= 11 is 0. The van der Waals surface area contributed by atoms with Crippen molar-refractivity contribution in [3.8, 4) is 0 Å². The molecule has 0 spiro atoms. The van der Waals surface area contributed by atoms with Crippen molar-refractivity contribution in [2.45, 2.75) is 19.9 Å². The van der Waals surface area contributed by atoms with Gasteiger partial charge in [-0.15, -0.1) is 0 Å². The third-order valence-corrected chi connectivity index (χ3v) is 3.96. The molecule has 0 unspecified atom stereocenters. The fourth-order valence-electron chi connectivity index (χ4n) is 2.81. The number of nitrogens with zero attached hydrogens (tertiary/aromatic N) is 1. The highest BCUT2D eigenvalue weighted by Gasteiger charge is 2.22. The molecule has 1 heterocycles. The quantitative estimate of drug-likeness (QED) is 0.947. The fraction of sp³-hybridized carbons (Fsp3) is 0.222. The Morgan fingerprint density at radius 3 is 2.78 bits per heavy atom. The number of rotatable bonds is 3. The van der Waals surface area contributed by atoms with Crippen molar-refractivity contribution in [1.29, 1.82) is 0 Å². The summed E-state index contributed by atoms with van der Waals surface area (Å²) in [6, 6.07) is 11.4. The standard InChI is InChI=1S/C18H17FN2O2/c1-12(22)21-8-7-14-9-13(5-6-17(14)21)11-20-18(23)15-3-2-4-16(19)10-15/h2-6,9-10H,7-8,11H2,1H3,(H,20,23). The van der Waals surface area contributed by atoms with Crippen LogP contribution in [0.2, 0.25) is 0 Å². The van der Waals surface area contributed by atoms with Crippen molar-refractivity contribution in [2.75, 3.05) is 11.4 Å². The van der Waals surface area contributed by atoms with E-state index in [1.165, 1.54) is 18.2 Å². The lowest BCUT2D eigenvalue weighted by atomic mass is 10.1. The van der Waals surface area contributed by atoms with Crippen molar-refractivity contribution in [2.24, 2.45) is 0 Å². The fourth-order valence-corrected chi connectivity index (χ4v) is 2.81. The number of fused-ring (bicyclic) bond motifs is 1. The molecule has 0 aliphatic carbocycles. The largest absolute Gasteiger partial charge is 0.348 e. The molecule has 0 atom stereocenters. The van der Waals surface area contributed by atoms with E-state index in [1.54, 1.807) is 17.9 Å². The maximum atomic E-state index is 13.1. The molecule has 0 radical (unpaired) electrons. The smallest absolute Gasteiger partial charge is 0.251 e. The molecule has 4 nitrogen and oxygen atoms in total. The van der Waals surface area contributed by atoms with E-state index < -0.39 is 5.82 Å². The van der Waals surface area contributed by atoms with Crippen LogP contribution in [-0.4, -0.2) is 18.4 Å². The third-order valence-electron chi connectivity index (χ3n) is 3.96. The van der Waals surface area contributed by atoms with Gasteiger partial charge in [-0.25, -0.2) is 4.39 Å². The third kappa shape index (κ3) is 3.23. The second-order valence-corrected chi connectivity index (χ2v) is 5.58. The van der Waals surface area contributed by atoms with Gasteiger partial charge in [-0.3, -0.25) is 9.59 Å². The average molecular weight is 312 g/mol. The van der Waals surface area contributed by atoms with Gasteiger partial charge in [-0.05, 0) is 41.8 Å². The molecular formula is C18H17FN2O2. The van der Waals surface area contributed by atoms with Crippen LogP contribution in [0, 0.1) is 5.82 Å². The number of anilines is 1. The first-order valence-electron chi connectivity index (χ1n) is 7.48. The number of nitrogens with one attached hydrogen (secondary N) is 1. The van der Waals surface area contributed by atoms with Gasteiger partial charge in [0.1, 0.15) is 5.82 Å². The predicted octanol–water partition coefficient (Wildman–Crippen LogP) is 2.66. The second kappa shape index (κ2) is 6.20. The van der Waals surface area contributed by atoms with Crippen LogP contribution in [0.1, 0.15) is 28.4 Å². The lowest BCUT2D eigenvalue weighted by Crippen LogP contribution is -2.25. The molecule has 118 valence electrons. The van der Waals surface area contributed by atoms with E-state index in [0.717, 1.165) is 23.2 Å². The number of benzene rings is 2.